The summed E-state index contributed by atoms with van der Waals surface area (Å²) < 4.78 is 0. The lowest BCUT2D eigenvalue weighted by atomic mass is 9.89. The average molecular weight is 167 g/mol. The Kier molecular flexibility index (Phi) is 3.26. The fourth-order valence-corrected chi connectivity index (χ4v) is 1.50. The molecule has 1 aliphatic rings. The predicted molar refractivity (Wildman–Crippen MR) is 52.4 cm³/mol. The Bertz CT molecular complexity index is 202. The molecule has 0 saturated heterocycles. The third-order valence-corrected chi connectivity index (χ3v) is 2.10. The van der Waals surface area contributed by atoms with E-state index in [-0.39, 0.29) is 0 Å². The molecule has 0 amide bonds. The van der Waals surface area contributed by atoms with Crippen LogP contribution in [0.2, 0.25) is 0 Å². The molecule has 0 radical (unpaired) electrons. The molecular formula is C9H17N3. The van der Waals surface area contributed by atoms with Gasteiger partial charge in [0.25, 0.3) is 0 Å². The van der Waals surface area contributed by atoms with Crippen LogP contribution in [-0.2, 0) is 0 Å². The quantitative estimate of drug-likeness (QED) is 0.362. The second-order valence-corrected chi connectivity index (χ2v) is 3.61. The summed E-state index contributed by atoms with van der Waals surface area (Å²) >= 11 is 0. The topological polar surface area (TPSA) is 50.7 Å². The maximum Gasteiger partial charge on any atom is 0.119 e. The van der Waals surface area contributed by atoms with Gasteiger partial charge in [-0.3, -0.25) is 0 Å². The molecule has 1 aliphatic carbocycles. The molecule has 1 saturated carbocycles. The van der Waals surface area contributed by atoms with Gasteiger partial charge in [0, 0.05) is 5.71 Å². The maximum atomic E-state index is 5.39. The van der Waals surface area contributed by atoms with Gasteiger partial charge in [0.15, 0.2) is 0 Å². The molecule has 0 bridgehead atoms. The number of nitrogens with two attached hydrogens (primary N) is 1. The molecule has 1 unspecified atom stereocenters. The lowest BCUT2D eigenvalue weighted by molar-refractivity contribution is 0.499. The molecule has 0 aliphatic heterocycles. The van der Waals surface area contributed by atoms with Crippen LogP contribution >= 0.6 is 0 Å². The maximum absolute atomic E-state index is 5.39. The van der Waals surface area contributed by atoms with E-state index in [9.17, 15) is 0 Å². The van der Waals surface area contributed by atoms with Gasteiger partial charge in [0.05, 0.1) is 0 Å². The van der Waals surface area contributed by atoms with Crippen LogP contribution in [0.1, 0.15) is 39.5 Å². The van der Waals surface area contributed by atoms with Crippen molar-refractivity contribution in [3.63, 3.8) is 0 Å². The fourth-order valence-electron chi connectivity index (χ4n) is 1.50. The molecule has 1 rings (SSSR count). The first-order valence-electron chi connectivity index (χ1n) is 4.54. The Hall–Kier alpha value is -0.860. The van der Waals surface area contributed by atoms with Gasteiger partial charge in [-0.15, -0.1) is 5.10 Å². The third-order valence-electron chi connectivity index (χ3n) is 2.10. The summed E-state index contributed by atoms with van der Waals surface area (Å²) in [6, 6.07) is 0. The van der Waals surface area contributed by atoms with Gasteiger partial charge in [0.2, 0.25) is 0 Å². The van der Waals surface area contributed by atoms with Gasteiger partial charge in [-0.2, -0.15) is 5.10 Å². The minimum atomic E-state index is 0.542. The first-order chi connectivity index (χ1) is 5.68. The molecular weight excluding hydrogens is 150 g/mol. The molecule has 0 aromatic heterocycles. The smallest absolute Gasteiger partial charge is 0.119 e. The van der Waals surface area contributed by atoms with E-state index < -0.39 is 0 Å². The molecule has 1 fully saturated rings. The van der Waals surface area contributed by atoms with Gasteiger partial charge in [-0.1, -0.05) is 6.92 Å². The van der Waals surface area contributed by atoms with Crippen molar-refractivity contribution in [3.8, 4) is 0 Å². The Labute approximate surface area is 73.8 Å². The van der Waals surface area contributed by atoms with Crippen molar-refractivity contribution in [2.24, 2.45) is 21.9 Å². The highest BCUT2D eigenvalue weighted by Gasteiger charge is 2.13. The zero-order valence-electron chi connectivity index (χ0n) is 7.88. The van der Waals surface area contributed by atoms with Crippen LogP contribution in [0.4, 0.5) is 0 Å². The van der Waals surface area contributed by atoms with Crippen molar-refractivity contribution in [2.75, 3.05) is 0 Å². The molecule has 0 aromatic carbocycles. The van der Waals surface area contributed by atoms with Crippen LogP contribution in [0.5, 0.6) is 0 Å². The zero-order chi connectivity index (χ0) is 8.97. The molecule has 2 N–H and O–H groups in total. The molecule has 3 heteroatoms. The van der Waals surface area contributed by atoms with E-state index in [2.05, 4.69) is 17.1 Å². The molecule has 68 valence electrons. The highest BCUT2D eigenvalue weighted by Crippen LogP contribution is 2.21. The van der Waals surface area contributed by atoms with E-state index in [0.717, 1.165) is 18.8 Å². The van der Waals surface area contributed by atoms with Crippen molar-refractivity contribution >= 4 is 11.5 Å². The first-order valence-corrected chi connectivity index (χ1v) is 4.54. The fraction of sp³-hybridized carbons (Fsp3) is 0.778. The van der Waals surface area contributed by atoms with Gasteiger partial charge in [0.1, 0.15) is 5.84 Å². The summed E-state index contributed by atoms with van der Waals surface area (Å²) in [5, 5.41) is 7.98. The predicted octanol–water partition coefficient (Wildman–Crippen LogP) is 1.93. The summed E-state index contributed by atoms with van der Waals surface area (Å²) in [6.45, 7) is 4.02. The summed E-state index contributed by atoms with van der Waals surface area (Å²) in [6.07, 6.45) is 4.77. The first kappa shape index (κ1) is 9.23. The minimum Gasteiger partial charge on any atom is -0.386 e. The molecule has 12 heavy (non-hydrogen) atoms. The largest absolute Gasteiger partial charge is 0.386 e. The van der Waals surface area contributed by atoms with Crippen molar-refractivity contribution in [3.05, 3.63) is 0 Å². The van der Waals surface area contributed by atoms with Crippen LogP contribution in [0, 0.1) is 5.92 Å². The Balaban J connectivity index is 2.51. The van der Waals surface area contributed by atoms with Crippen LogP contribution in [0.15, 0.2) is 10.2 Å². The van der Waals surface area contributed by atoms with Gasteiger partial charge >= 0.3 is 0 Å². The normalized spacial score (nSPS) is 29.3. The lowest BCUT2D eigenvalue weighted by Gasteiger charge is -2.17. The number of nitrogens with zero attached hydrogens (tertiary/aromatic N) is 2. The van der Waals surface area contributed by atoms with E-state index in [4.69, 9.17) is 5.73 Å². The minimum absolute atomic E-state index is 0.542. The van der Waals surface area contributed by atoms with Crippen molar-refractivity contribution in [1.82, 2.24) is 0 Å². The summed E-state index contributed by atoms with van der Waals surface area (Å²) in [4.78, 5) is 0. The number of hydrogen-bond acceptors (Lipinski definition) is 2. The van der Waals surface area contributed by atoms with Gasteiger partial charge < -0.3 is 5.73 Å². The van der Waals surface area contributed by atoms with E-state index in [0.29, 0.717) is 5.84 Å². The number of hydrogen-bond donors (Lipinski definition) is 1. The SMILES string of the molecule is C/C(N)=N\N=C1\CCCC(C)C1. The van der Waals surface area contributed by atoms with Crippen molar-refractivity contribution in [2.45, 2.75) is 39.5 Å². The summed E-state index contributed by atoms with van der Waals surface area (Å²) in [5.74, 6) is 1.31. The molecule has 0 spiro atoms. The van der Waals surface area contributed by atoms with Gasteiger partial charge in [-0.05, 0) is 38.5 Å². The second kappa shape index (κ2) is 4.24. The standard InChI is InChI=1S/C9H17N3/c1-7-4-3-5-9(6-7)12-11-8(2)10/h7H,3-6H2,1-2H3,(H2,10,11)/b12-9-. The van der Waals surface area contributed by atoms with Crippen LogP contribution in [0.25, 0.3) is 0 Å². The van der Waals surface area contributed by atoms with E-state index >= 15 is 0 Å². The number of amidine groups is 1. The lowest BCUT2D eigenvalue weighted by Crippen LogP contribution is -2.13. The Morgan fingerprint density at radius 1 is 1.58 bits per heavy atom. The molecule has 0 heterocycles. The van der Waals surface area contributed by atoms with Crippen LogP contribution < -0.4 is 5.73 Å². The van der Waals surface area contributed by atoms with E-state index in [1.165, 1.54) is 18.6 Å². The number of rotatable bonds is 1. The molecule has 1 atom stereocenters. The zero-order valence-corrected chi connectivity index (χ0v) is 7.88. The highest BCUT2D eigenvalue weighted by molar-refractivity contribution is 5.86. The van der Waals surface area contributed by atoms with E-state index in [1.54, 1.807) is 6.92 Å². The molecule has 0 aromatic rings. The molecule has 3 nitrogen and oxygen atoms in total. The van der Waals surface area contributed by atoms with E-state index in [1.807, 2.05) is 0 Å². The monoisotopic (exact) mass is 167 g/mol. The highest BCUT2D eigenvalue weighted by atomic mass is 15.2. The third kappa shape index (κ3) is 3.03. The Morgan fingerprint density at radius 3 is 2.92 bits per heavy atom. The van der Waals surface area contributed by atoms with Crippen molar-refractivity contribution in [1.29, 1.82) is 0 Å². The van der Waals surface area contributed by atoms with Gasteiger partial charge in [-0.25, -0.2) is 0 Å². The summed E-state index contributed by atoms with van der Waals surface area (Å²) in [5.41, 5.74) is 6.59. The van der Waals surface area contributed by atoms with Crippen LogP contribution in [0.3, 0.4) is 0 Å². The second-order valence-electron chi connectivity index (χ2n) is 3.61. The van der Waals surface area contributed by atoms with Crippen molar-refractivity contribution < 1.29 is 0 Å². The Morgan fingerprint density at radius 2 is 2.33 bits per heavy atom. The van der Waals surface area contributed by atoms with Crippen LogP contribution in [-0.4, -0.2) is 11.5 Å². The summed E-state index contributed by atoms with van der Waals surface area (Å²) in [7, 11) is 0. The average Bonchev–Trinajstić information content (AvgIpc) is 2.01.